The molecule has 128 valence electrons. The fourth-order valence-corrected chi connectivity index (χ4v) is 2.28. The van der Waals surface area contributed by atoms with Gasteiger partial charge in [0, 0.05) is 25.0 Å². The Morgan fingerprint density at radius 2 is 1.75 bits per heavy atom. The van der Waals surface area contributed by atoms with Crippen LogP contribution in [-0.4, -0.2) is 39.3 Å². The lowest BCUT2D eigenvalue weighted by Crippen LogP contribution is -2.33. The highest BCUT2D eigenvalue weighted by Gasteiger charge is 2.10. The van der Waals surface area contributed by atoms with Crippen molar-refractivity contribution in [3.63, 3.8) is 0 Å². The number of hydrogen-bond acceptors (Lipinski definition) is 4. The van der Waals surface area contributed by atoms with Crippen LogP contribution in [0.3, 0.4) is 0 Å². The molecule has 0 heterocycles. The fraction of sp³-hybridized carbons (Fsp3) is 0.316. The van der Waals surface area contributed by atoms with Crippen LogP contribution in [0.25, 0.3) is 0 Å². The van der Waals surface area contributed by atoms with E-state index in [0.717, 1.165) is 23.7 Å². The van der Waals surface area contributed by atoms with Crippen LogP contribution in [-0.2, 0) is 9.53 Å². The van der Waals surface area contributed by atoms with E-state index in [-0.39, 0.29) is 5.91 Å². The van der Waals surface area contributed by atoms with Crippen molar-refractivity contribution in [2.45, 2.75) is 6.92 Å². The number of rotatable bonds is 9. The number of methoxy groups -OCH3 is 1. The van der Waals surface area contributed by atoms with E-state index >= 15 is 0 Å². The fourth-order valence-electron chi connectivity index (χ4n) is 2.28. The number of amides is 1. The maximum Gasteiger partial charge on any atom is 0.243 e. The van der Waals surface area contributed by atoms with Gasteiger partial charge in [-0.1, -0.05) is 18.2 Å². The Morgan fingerprint density at radius 1 is 1.04 bits per heavy atom. The molecule has 0 bridgehead atoms. The molecule has 0 unspecified atom stereocenters. The summed E-state index contributed by atoms with van der Waals surface area (Å²) in [6, 6.07) is 17.2. The first-order valence-corrected chi connectivity index (χ1v) is 8.04. The molecule has 0 fully saturated rings. The largest absolute Gasteiger partial charge is 0.491 e. The Morgan fingerprint density at radius 3 is 2.38 bits per heavy atom. The molecule has 0 spiro atoms. The summed E-state index contributed by atoms with van der Waals surface area (Å²) in [4.78, 5) is 14.3. The highest BCUT2D eigenvalue weighted by molar-refractivity contribution is 5.94. The Kier molecular flexibility index (Phi) is 7.11. The Hall–Kier alpha value is -2.53. The average Bonchev–Trinajstić information content (AvgIpc) is 2.62. The van der Waals surface area contributed by atoms with Gasteiger partial charge in [0.15, 0.2) is 0 Å². The highest BCUT2D eigenvalue weighted by atomic mass is 16.5. The minimum atomic E-state index is -0.0474. The zero-order valence-electron chi connectivity index (χ0n) is 14.2. The first-order chi connectivity index (χ1) is 11.7. The molecule has 2 rings (SSSR count). The van der Waals surface area contributed by atoms with E-state index in [1.807, 2.05) is 66.4 Å². The molecule has 0 atom stereocenters. The van der Waals surface area contributed by atoms with Gasteiger partial charge in [-0.15, -0.1) is 0 Å². The number of hydrogen-bond donors (Lipinski definition) is 1. The Labute approximate surface area is 143 Å². The number of para-hydroxylation sites is 1. The van der Waals surface area contributed by atoms with E-state index in [1.165, 1.54) is 0 Å². The van der Waals surface area contributed by atoms with Crippen LogP contribution in [0, 0.1) is 0 Å². The van der Waals surface area contributed by atoms with Gasteiger partial charge in [-0.05, 0) is 43.3 Å². The minimum absolute atomic E-state index is 0.0474. The van der Waals surface area contributed by atoms with Gasteiger partial charge in [-0.25, -0.2) is 0 Å². The highest BCUT2D eigenvalue weighted by Crippen LogP contribution is 2.16. The van der Waals surface area contributed by atoms with Crippen molar-refractivity contribution in [1.29, 1.82) is 0 Å². The zero-order valence-corrected chi connectivity index (χ0v) is 14.2. The molecular formula is C19H24N2O3. The summed E-state index contributed by atoms with van der Waals surface area (Å²) in [5.41, 5.74) is 1.79. The van der Waals surface area contributed by atoms with E-state index < -0.39 is 0 Å². The number of carbonyl (C=O) groups excluding carboxylic acids is 1. The predicted octanol–water partition coefficient (Wildman–Crippen LogP) is 3.18. The lowest BCUT2D eigenvalue weighted by molar-refractivity contribution is -0.115. The maximum atomic E-state index is 12.3. The summed E-state index contributed by atoms with van der Waals surface area (Å²) in [5.74, 6) is 0.707. The van der Waals surface area contributed by atoms with E-state index in [9.17, 15) is 4.79 Å². The van der Waals surface area contributed by atoms with Crippen molar-refractivity contribution in [2.24, 2.45) is 0 Å². The van der Waals surface area contributed by atoms with Gasteiger partial charge >= 0.3 is 0 Å². The molecule has 24 heavy (non-hydrogen) atoms. The van der Waals surface area contributed by atoms with Gasteiger partial charge < -0.3 is 19.7 Å². The predicted molar refractivity (Wildman–Crippen MR) is 96.8 cm³/mol. The SMILES string of the molecule is CCN(CC(=O)Nc1ccc(OCCOC)cc1)c1ccccc1. The second-order valence-electron chi connectivity index (χ2n) is 5.26. The van der Waals surface area contributed by atoms with Crippen molar-refractivity contribution < 1.29 is 14.3 Å². The third kappa shape index (κ3) is 5.59. The van der Waals surface area contributed by atoms with Gasteiger partial charge in [-0.2, -0.15) is 0 Å². The van der Waals surface area contributed by atoms with Crippen LogP contribution >= 0.6 is 0 Å². The molecule has 0 saturated heterocycles. The van der Waals surface area contributed by atoms with Crippen LogP contribution < -0.4 is 15.0 Å². The Balaban J connectivity index is 1.87. The average molecular weight is 328 g/mol. The number of nitrogens with zero attached hydrogens (tertiary/aromatic N) is 1. The zero-order chi connectivity index (χ0) is 17.2. The van der Waals surface area contributed by atoms with Gasteiger partial charge in [0.1, 0.15) is 12.4 Å². The van der Waals surface area contributed by atoms with Crippen LogP contribution in [0.15, 0.2) is 54.6 Å². The molecule has 5 nitrogen and oxygen atoms in total. The van der Waals surface area contributed by atoms with Crippen LogP contribution in [0.2, 0.25) is 0 Å². The lowest BCUT2D eigenvalue weighted by Gasteiger charge is -2.22. The smallest absolute Gasteiger partial charge is 0.243 e. The van der Waals surface area contributed by atoms with Gasteiger partial charge in [0.25, 0.3) is 0 Å². The molecule has 0 aromatic heterocycles. The molecule has 0 aliphatic heterocycles. The van der Waals surface area contributed by atoms with E-state index in [1.54, 1.807) is 7.11 Å². The van der Waals surface area contributed by atoms with Crippen LogP contribution in [0.1, 0.15) is 6.92 Å². The summed E-state index contributed by atoms with van der Waals surface area (Å²) in [6.45, 7) is 4.16. The Bertz CT molecular complexity index is 614. The molecule has 1 N–H and O–H groups in total. The number of carbonyl (C=O) groups is 1. The lowest BCUT2D eigenvalue weighted by atomic mass is 10.2. The third-order valence-electron chi connectivity index (χ3n) is 3.53. The second-order valence-corrected chi connectivity index (χ2v) is 5.26. The topological polar surface area (TPSA) is 50.8 Å². The molecule has 0 aliphatic carbocycles. The number of benzene rings is 2. The number of ether oxygens (including phenoxy) is 2. The standard InChI is InChI=1S/C19H24N2O3/c1-3-21(17-7-5-4-6-8-17)15-19(22)20-16-9-11-18(12-10-16)24-14-13-23-2/h4-12H,3,13-15H2,1-2H3,(H,20,22). The van der Waals surface area contributed by atoms with Crippen molar-refractivity contribution >= 4 is 17.3 Å². The van der Waals surface area contributed by atoms with Gasteiger partial charge in [0.2, 0.25) is 5.91 Å². The van der Waals surface area contributed by atoms with E-state index in [2.05, 4.69) is 5.32 Å². The van der Waals surface area contributed by atoms with E-state index in [0.29, 0.717) is 19.8 Å². The first kappa shape index (κ1) is 17.8. The van der Waals surface area contributed by atoms with Crippen molar-refractivity contribution in [3.05, 3.63) is 54.6 Å². The number of likely N-dealkylation sites (N-methyl/N-ethyl adjacent to an activating group) is 1. The van der Waals surface area contributed by atoms with E-state index in [4.69, 9.17) is 9.47 Å². The monoisotopic (exact) mass is 328 g/mol. The quantitative estimate of drug-likeness (QED) is 0.718. The molecule has 5 heteroatoms. The number of anilines is 2. The van der Waals surface area contributed by atoms with Crippen molar-refractivity contribution in [3.8, 4) is 5.75 Å². The van der Waals surface area contributed by atoms with Crippen LogP contribution in [0.5, 0.6) is 5.75 Å². The molecule has 0 radical (unpaired) electrons. The normalized spacial score (nSPS) is 10.2. The van der Waals surface area contributed by atoms with Crippen molar-refractivity contribution in [1.82, 2.24) is 0 Å². The summed E-state index contributed by atoms with van der Waals surface area (Å²) < 4.78 is 10.4. The van der Waals surface area contributed by atoms with Gasteiger partial charge in [0.05, 0.1) is 13.2 Å². The summed E-state index contributed by atoms with van der Waals surface area (Å²) in [6.07, 6.45) is 0. The summed E-state index contributed by atoms with van der Waals surface area (Å²) in [7, 11) is 1.64. The van der Waals surface area contributed by atoms with Crippen molar-refractivity contribution in [2.75, 3.05) is 43.6 Å². The summed E-state index contributed by atoms with van der Waals surface area (Å²) >= 11 is 0. The van der Waals surface area contributed by atoms with Gasteiger partial charge in [-0.3, -0.25) is 4.79 Å². The first-order valence-electron chi connectivity index (χ1n) is 8.04. The minimum Gasteiger partial charge on any atom is -0.491 e. The van der Waals surface area contributed by atoms with Crippen LogP contribution in [0.4, 0.5) is 11.4 Å². The molecular weight excluding hydrogens is 304 g/mol. The molecule has 0 aliphatic rings. The number of nitrogens with one attached hydrogen (secondary N) is 1. The molecule has 1 amide bonds. The maximum absolute atomic E-state index is 12.3. The second kappa shape index (κ2) is 9.57. The molecule has 2 aromatic carbocycles. The summed E-state index contributed by atoms with van der Waals surface area (Å²) in [5, 5.41) is 2.91. The third-order valence-corrected chi connectivity index (χ3v) is 3.53. The molecule has 2 aromatic rings. The molecule has 0 saturated carbocycles.